The van der Waals surface area contributed by atoms with Crippen LogP contribution in [0.25, 0.3) is 11.3 Å². The van der Waals surface area contributed by atoms with Gasteiger partial charge in [0.25, 0.3) is 5.91 Å². The van der Waals surface area contributed by atoms with Crippen molar-refractivity contribution >= 4 is 35.1 Å². The Morgan fingerprint density at radius 3 is 2.74 bits per heavy atom. The Bertz CT molecular complexity index is 1640. The van der Waals surface area contributed by atoms with Gasteiger partial charge < -0.3 is 5.32 Å². The predicted molar refractivity (Wildman–Crippen MR) is 142 cm³/mol. The van der Waals surface area contributed by atoms with Crippen LogP contribution in [0, 0.1) is 31.5 Å². The van der Waals surface area contributed by atoms with E-state index in [9.17, 15) is 14.0 Å². The minimum Gasteiger partial charge on any atom is -0.318 e. The third kappa shape index (κ3) is 4.52. The summed E-state index contributed by atoms with van der Waals surface area (Å²) in [4.78, 5) is 44.4. The van der Waals surface area contributed by atoms with Crippen LogP contribution in [0.3, 0.4) is 0 Å². The predicted octanol–water partition coefficient (Wildman–Crippen LogP) is 4.38. The van der Waals surface area contributed by atoms with Gasteiger partial charge in [-0.25, -0.2) is 19.3 Å². The van der Waals surface area contributed by atoms with Gasteiger partial charge in [0.2, 0.25) is 11.9 Å². The lowest BCUT2D eigenvalue weighted by Crippen LogP contribution is -2.30. The van der Waals surface area contributed by atoms with Crippen molar-refractivity contribution in [3.63, 3.8) is 0 Å². The summed E-state index contributed by atoms with van der Waals surface area (Å²) in [5.74, 6) is -0.0152. The van der Waals surface area contributed by atoms with Crippen LogP contribution in [-0.4, -0.2) is 48.1 Å². The maximum Gasteiger partial charge on any atom is 0.275 e. The number of nitrogens with one attached hydrogen (secondary N) is 1. The smallest absolute Gasteiger partial charge is 0.275 e. The van der Waals surface area contributed by atoms with E-state index in [-0.39, 0.29) is 39.8 Å². The van der Waals surface area contributed by atoms with Crippen LogP contribution in [0.2, 0.25) is 5.02 Å². The highest BCUT2D eigenvalue weighted by atomic mass is 35.5. The second kappa shape index (κ2) is 9.49. The van der Waals surface area contributed by atoms with Crippen molar-refractivity contribution < 1.29 is 14.0 Å². The normalized spacial score (nSPS) is 18.7. The first kappa shape index (κ1) is 25.1. The number of anilines is 2. The van der Waals surface area contributed by atoms with E-state index in [2.05, 4.69) is 30.4 Å². The highest BCUT2D eigenvalue weighted by Gasteiger charge is 2.53. The first-order valence-corrected chi connectivity index (χ1v) is 12.9. The maximum atomic E-state index is 14.7. The largest absolute Gasteiger partial charge is 0.318 e. The molecule has 1 aromatic carbocycles. The zero-order valence-corrected chi connectivity index (χ0v) is 22.1. The van der Waals surface area contributed by atoms with Gasteiger partial charge >= 0.3 is 0 Å². The van der Waals surface area contributed by atoms with Crippen molar-refractivity contribution in [3.05, 3.63) is 76.5 Å². The molecule has 1 aliphatic carbocycles. The van der Waals surface area contributed by atoms with Crippen molar-refractivity contribution in [2.75, 3.05) is 16.8 Å². The van der Waals surface area contributed by atoms with Crippen molar-refractivity contribution in [2.45, 2.75) is 33.2 Å². The number of aryl methyl sites for hydroxylation is 2. The van der Waals surface area contributed by atoms with E-state index in [1.807, 2.05) is 13.8 Å². The van der Waals surface area contributed by atoms with Crippen LogP contribution in [0.15, 0.2) is 43.1 Å². The molecule has 2 aliphatic rings. The molecule has 4 heterocycles. The summed E-state index contributed by atoms with van der Waals surface area (Å²) in [5, 5.41) is 7.11. The Kier molecular flexibility index (Phi) is 6.10. The van der Waals surface area contributed by atoms with Gasteiger partial charge in [0.1, 0.15) is 5.69 Å². The van der Waals surface area contributed by atoms with Crippen LogP contribution >= 0.6 is 11.6 Å². The van der Waals surface area contributed by atoms with Crippen molar-refractivity contribution in [1.82, 2.24) is 29.7 Å². The van der Waals surface area contributed by atoms with Gasteiger partial charge in [-0.2, -0.15) is 5.10 Å². The van der Waals surface area contributed by atoms with Crippen LogP contribution < -0.4 is 10.2 Å². The van der Waals surface area contributed by atoms with Crippen LogP contribution in [0.5, 0.6) is 0 Å². The molecule has 3 atom stereocenters. The van der Waals surface area contributed by atoms with E-state index in [0.717, 1.165) is 17.7 Å². The molecule has 198 valence electrons. The molecule has 0 bridgehead atoms. The first-order valence-electron chi connectivity index (χ1n) is 12.5. The molecule has 1 saturated heterocycles. The van der Waals surface area contributed by atoms with Gasteiger partial charge in [-0.3, -0.25) is 24.2 Å². The molecule has 4 aromatic rings. The average Bonchev–Trinajstić information content (AvgIpc) is 3.42. The molecular formula is C27H24ClFN8O2. The van der Waals surface area contributed by atoms with Crippen molar-refractivity contribution in [1.29, 1.82) is 0 Å². The third-order valence-electron chi connectivity index (χ3n) is 7.30. The maximum absolute atomic E-state index is 14.7. The van der Waals surface area contributed by atoms with Gasteiger partial charge in [0.15, 0.2) is 5.82 Å². The molecule has 10 nitrogen and oxygen atoms in total. The molecule has 0 radical (unpaired) electrons. The minimum absolute atomic E-state index is 0.0148. The van der Waals surface area contributed by atoms with E-state index in [0.29, 0.717) is 29.7 Å². The number of aromatic nitrogens is 6. The topological polar surface area (TPSA) is 119 Å². The number of hydrogen-bond acceptors (Lipinski definition) is 7. The lowest BCUT2D eigenvalue weighted by molar-refractivity contribution is -0.118. The number of carbonyl (C=O) groups excluding carboxylic acids is 2. The summed E-state index contributed by atoms with van der Waals surface area (Å²) in [7, 11) is 0. The van der Waals surface area contributed by atoms with Crippen LogP contribution in [-0.2, 0) is 4.79 Å². The summed E-state index contributed by atoms with van der Waals surface area (Å²) in [6.07, 6.45) is 8.59. The molecule has 1 aliphatic heterocycles. The van der Waals surface area contributed by atoms with Gasteiger partial charge in [-0.05, 0) is 44.7 Å². The van der Waals surface area contributed by atoms with E-state index < -0.39 is 11.7 Å². The molecule has 6 rings (SSSR count). The van der Waals surface area contributed by atoms with Gasteiger partial charge in [-0.1, -0.05) is 17.7 Å². The summed E-state index contributed by atoms with van der Waals surface area (Å²) >= 11 is 5.94. The standard InChI is InChI=1S/C27H24ClFN8O2/c1-13-4-5-20(28)24(29)23(13)21-9-30-10-22(35-21)25(38)34-17-7-32-37(12-17)15(3)19-8-31-27(33-14(19)2)36-11-16-6-18(16)26(36)39/h4-5,7-10,12,15-16,18H,6,11H2,1-3H3,(H,34,38)/t15?,16-,18-/m1/s1. The van der Waals surface area contributed by atoms with Gasteiger partial charge in [0, 0.05) is 41.7 Å². The monoisotopic (exact) mass is 546 g/mol. The fraction of sp³-hybridized carbons (Fsp3) is 0.296. The molecular weight excluding hydrogens is 523 g/mol. The van der Waals surface area contributed by atoms with E-state index >= 15 is 0 Å². The SMILES string of the molecule is Cc1ccc(Cl)c(F)c1-c1cncc(C(=O)Nc2cnn(C(C)c3cnc(N4C[C@H]5C[C@H]5C4=O)nc3C)c2)n1. The second-order valence-corrected chi connectivity index (χ2v) is 10.4. The van der Waals surface area contributed by atoms with Crippen LogP contribution in [0.1, 0.15) is 46.7 Å². The lowest BCUT2D eigenvalue weighted by atomic mass is 10.1. The molecule has 1 unspecified atom stereocenters. The summed E-state index contributed by atoms with van der Waals surface area (Å²) in [6.45, 7) is 6.23. The Morgan fingerprint density at radius 2 is 2.00 bits per heavy atom. The third-order valence-corrected chi connectivity index (χ3v) is 7.59. The molecule has 1 N–H and O–H groups in total. The molecule has 2 fully saturated rings. The van der Waals surface area contributed by atoms with E-state index in [1.165, 1.54) is 24.7 Å². The van der Waals surface area contributed by atoms with Crippen molar-refractivity contribution in [3.8, 4) is 11.3 Å². The average molecular weight is 547 g/mol. The highest BCUT2D eigenvalue weighted by Crippen LogP contribution is 2.46. The van der Waals surface area contributed by atoms with Gasteiger partial charge in [-0.15, -0.1) is 0 Å². The molecule has 39 heavy (non-hydrogen) atoms. The molecule has 3 aromatic heterocycles. The molecule has 2 amide bonds. The lowest BCUT2D eigenvalue weighted by Gasteiger charge is -2.19. The number of fused-ring (bicyclic) bond motifs is 1. The number of piperidine rings is 1. The van der Waals surface area contributed by atoms with E-state index in [1.54, 1.807) is 35.0 Å². The number of carbonyl (C=O) groups is 2. The van der Waals surface area contributed by atoms with Crippen LogP contribution in [0.4, 0.5) is 16.0 Å². The quantitative estimate of drug-likeness (QED) is 0.381. The zero-order valence-electron chi connectivity index (χ0n) is 21.4. The fourth-order valence-electron chi connectivity index (χ4n) is 4.97. The Balaban J connectivity index is 1.17. The Labute approximate surface area is 228 Å². The second-order valence-electron chi connectivity index (χ2n) is 9.94. The van der Waals surface area contributed by atoms with E-state index in [4.69, 9.17) is 11.6 Å². The highest BCUT2D eigenvalue weighted by molar-refractivity contribution is 6.31. The van der Waals surface area contributed by atoms with Gasteiger partial charge in [0.05, 0.1) is 41.0 Å². The first-order chi connectivity index (χ1) is 18.7. The van der Waals surface area contributed by atoms with Crippen molar-refractivity contribution in [2.24, 2.45) is 11.8 Å². The number of benzene rings is 1. The number of nitrogens with zero attached hydrogens (tertiary/aromatic N) is 7. The summed E-state index contributed by atoms with van der Waals surface area (Å²) in [5.41, 5.74) is 3.07. The molecule has 1 saturated carbocycles. The summed E-state index contributed by atoms with van der Waals surface area (Å²) < 4.78 is 16.4. The number of amides is 2. The summed E-state index contributed by atoms with van der Waals surface area (Å²) in [6, 6.07) is 2.92. The number of rotatable bonds is 6. The number of halogens is 2. The fourth-order valence-corrected chi connectivity index (χ4v) is 5.13. The zero-order chi connectivity index (χ0) is 27.4. The minimum atomic E-state index is -0.616. The Morgan fingerprint density at radius 1 is 1.18 bits per heavy atom. The number of hydrogen-bond donors (Lipinski definition) is 1. The Hall–Kier alpha value is -4.25. The molecule has 12 heteroatoms. The molecule has 0 spiro atoms.